The van der Waals surface area contributed by atoms with Crippen molar-refractivity contribution in [1.29, 1.82) is 0 Å². The molecule has 1 amide bonds. The Labute approximate surface area is 110 Å². The minimum absolute atomic E-state index is 0.0348. The quantitative estimate of drug-likeness (QED) is 0.882. The van der Waals surface area contributed by atoms with E-state index in [4.69, 9.17) is 14.9 Å². The second kappa shape index (κ2) is 6.01. The lowest BCUT2D eigenvalue weighted by atomic mass is 10.1. The summed E-state index contributed by atoms with van der Waals surface area (Å²) in [5, 5.41) is 2.61. The van der Waals surface area contributed by atoms with Crippen LogP contribution in [0.2, 0.25) is 0 Å². The van der Waals surface area contributed by atoms with Gasteiger partial charge in [0.05, 0.1) is 6.20 Å². The lowest BCUT2D eigenvalue weighted by Gasteiger charge is -2.08. The maximum absolute atomic E-state index is 11.5. The average Bonchev–Trinajstić information content (AvgIpc) is 2.90. The first-order valence-corrected chi connectivity index (χ1v) is 5.82. The van der Waals surface area contributed by atoms with E-state index < -0.39 is 6.09 Å². The molecule has 0 aliphatic heterocycles. The zero-order valence-electron chi connectivity index (χ0n) is 10.5. The van der Waals surface area contributed by atoms with Gasteiger partial charge in [-0.1, -0.05) is 12.1 Å². The van der Waals surface area contributed by atoms with Gasteiger partial charge in [0.15, 0.2) is 18.8 Å². The minimum atomic E-state index is -0.551. The number of anilines is 1. The third-order valence-electron chi connectivity index (χ3n) is 2.51. The maximum atomic E-state index is 11.5. The van der Waals surface area contributed by atoms with Crippen LogP contribution in [0.25, 0.3) is 0 Å². The van der Waals surface area contributed by atoms with Crippen LogP contribution in [-0.4, -0.2) is 11.1 Å². The van der Waals surface area contributed by atoms with Gasteiger partial charge in [0, 0.05) is 11.7 Å². The van der Waals surface area contributed by atoms with Crippen LogP contribution in [0.3, 0.4) is 0 Å². The molecular formula is C13H15N3O3. The van der Waals surface area contributed by atoms with E-state index in [0.29, 0.717) is 11.4 Å². The van der Waals surface area contributed by atoms with E-state index in [2.05, 4.69) is 10.3 Å². The molecule has 0 spiro atoms. The number of rotatable bonds is 4. The van der Waals surface area contributed by atoms with Crippen molar-refractivity contribution >= 4 is 11.8 Å². The highest BCUT2D eigenvalue weighted by molar-refractivity contribution is 5.84. The summed E-state index contributed by atoms with van der Waals surface area (Å²) in [4.78, 5) is 15.2. The molecule has 0 bridgehead atoms. The van der Waals surface area contributed by atoms with Crippen molar-refractivity contribution in [2.24, 2.45) is 5.73 Å². The van der Waals surface area contributed by atoms with Gasteiger partial charge in [0.2, 0.25) is 0 Å². The number of ether oxygens (including phenoxy) is 1. The molecule has 0 saturated carbocycles. The van der Waals surface area contributed by atoms with Gasteiger partial charge in [-0.05, 0) is 24.6 Å². The van der Waals surface area contributed by atoms with Gasteiger partial charge < -0.3 is 14.9 Å². The number of aromatic nitrogens is 1. The fraction of sp³-hybridized carbons (Fsp3) is 0.231. The van der Waals surface area contributed by atoms with Crippen molar-refractivity contribution in [3.63, 3.8) is 0 Å². The van der Waals surface area contributed by atoms with Gasteiger partial charge in [-0.3, -0.25) is 5.32 Å². The standard InChI is InChI=1S/C13H15N3O3/c1-9(14)10-2-4-11(5-3-10)16-13(17)18-7-12-6-15-8-19-12/h2-6,8-9H,7,14H2,1H3,(H,16,17)/t9-/m0/s1. The molecule has 0 saturated heterocycles. The zero-order valence-corrected chi connectivity index (χ0v) is 10.5. The average molecular weight is 261 g/mol. The highest BCUT2D eigenvalue weighted by Gasteiger charge is 2.06. The Bertz CT molecular complexity index is 521. The first-order chi connectivity index (χ1) is 9.15. The van der Waals surface area contributed by atoms with Crippen LogP contribution in [-0.2, 0) is 11.3 Å². The number of benzene rings is 1. The van der Waals surface area contributed by atoms with E-state index in [-0.39, 0.29) is 12.6 Å². The Morgan fingerprint density at radius 1 is 1.47 bits per heavy atom. The number of oxazole rings is 1. The highest BCUT2D eigenvalue weighted by atomic mass is 16.6. The second-order valence-corrected chi connectivity index (χ2v) is 4.08. The molecule has 1 heterocycles. The van der Waals surface area contributed by atoms with Crippen molar-refractivity contribution in [2.75, 3.05) is 5.32 Å². The first-order valence-electron chi connectivity index (χ1n) is 5.82. The molecule has 0 unspecified atom stereocenters. The summed E-state index contributed by atoms with van der Waals surface area (Å²) >= 11 is 0. The molecule has 1 aromatic heterocycles. The summed E-state index contributed by atoms with van der Waals surface area (Å²) in [5.41, 5.74) is 7.38. The Morgan fingerprint density at radius 3 is 2.79 bits per heavy atom. The summed E-state index contributed by atoms with van der Waals surface area (Å²) in [6.45, 7) is 1.94. The first kappa shape index (κ1) is 13.1. The fourth-order valence-corrected chi connectivity index (χ4v) is 1.47. The molecule has 2 aromatic rings. The maximum Gasteiger partial charge on any atom is 0.412 e. The molecule has 1 aromatic carbocycles. The Hall–Kier alpha value is -2.34. The van der Waals surface area contributed by atoms with E-state index in [1.54, 1.807) is 12.1 Å². The molecule has 1 atom stereocenters. The molecule has 2 rings (SSSR count). The molecule has 0 radical (unpaired) electrons. The number of nitrogens with one attached hydrogen (secondary N) is 1. The summed E-state index contributed by atoms with van der Waals surface area (Å²) in [6, 6.07) is 7.23. The normalized spacial score (nSPS) is 11.9. The van der Waals surface area contributed by atoms with Gasteiger partial charge in [0.25, 0.3) is 0 Å². The fourth-order valence-electron chi connectivity index (χ4n) is 1.47. The van der Waals surface area contributed by atoms with Crippen LogP contribution in [0.5, 0.6) is 0 Å². The summed E-state index contributed by atoms with van der Waals surface area (Å²) in [7, 11) is 0. The van der Waals surface area contributed by atoms with Crippen molar-refractivity contribution in [1.82, 2.24) is 4.98 Å². The van der Waals surface area contributed by atoms with Crippen LogP contribution in [0.1, 0.15) is 24.3 Å². The SMILES string of the molecule is C[C@H](N)c1ccc(NC(=O)OCc2cnco2)cc1. The molecule has 100 valence electrons. The van der Waals surface area contributed by atoms with Crippen molar-refractivity contribution in [3.8, 4) is 0 Å². The topological polar surface area (TPSA) is 90.4 Å². The highest BCUT2D eigenvalue weighted by Crippen LogP contribution is 2.14. The number of nitrogens with two attached hydrogens (primary N) is 1. The lowest BCUT2D eigenvalue weighted by Crippen LogP contribution is -2.13. The predicted octanol–water partition coefficient (Wildman–Crippen LogP) is 2.44. The Morgan fingerprint density at radius 2 is 2.21 bits per heavy atom. The lowest BCUT2D eigenvalue weighted by molar-refractivity contribution is 0.146. The van der Waals surface area contributed by atoms with E-state index in [0.717, 1.165) is 5.56 Å². The number of amides is 1. The summed E-state index contributed by atoms with van der Waals surface area (Å²) < 4.78 is 9.91. The third kappa shape index (κ3) is 3.82. The molecule has 3 N–H and O–H groups in total. The van der Waals surface area contributed by atoms with Crippen LogP contribution in [0.15, 0.2) is 41.3 Å². The Kier molecular flexibility index (Phi) is 4.15. The largest absolute Gasteiger partial charge is 0.445 e. The van der Waals surface area contributed by atoms with Crippen LogP contribution >= 0.6 is 0 Å². The number of hydrogen-bond donors (Lipinski definition) is 2. The van der Waals surface area contributed by atoms with E-state index in [1.807, 2.05) is 19.1 Å². The van der Waals surface area contributed by atoms with E-state index >= 15 is 0 Å². The molecule has 0 fully saturated rings. The molecular weight excluding hydrogens is 246 g/mol. The van der Waals surface area contributed by atoms with Crippen LogP contribution in [0.4, 0.5) is 10.5 Å². The van der Waals surface area contributed by atoms with Crippen molar-refractivity contribution in [3.05, 3.63) is 48.2 Å². The van der Waals surface area contributed by atoms with Gasteiger partial charge in [-0.25, -0.2) is 9.78 Å². The van der Waals surface area contributed by atoms with Crippen LogP contribution < -0.4 is 11.1 Å². The van der Waals surface area contributed by atoms with Gasteiger partial charge in [-0.2, -0.15) is 0 Å². The van der Waals surface area contributed by atoms with Gasteiger partial charge >= 0.3 is 6.09 Å². The molecule has 0 aliphatic rings. The van der Waals surface area contributed by atoms with Crippen molar-refractivity contribution < 1.29 is 13.9 Å². The summed E-state index contributed by atoms with van der Waals surface area (Å²) in [6.07, 6.45) is 2.22. The van der Waals surface area contributed by atoms with Crippen molar-refractivity contribution in [2.45, 2.75) is 19.6 Å². The van der Waals surface area contributed by atoms with Gasteiger partial charge in [-0.15, -0.1) is 0 Å². The number of hydrogen-bond acceptors (Lipinski definition) is 5. The third-order valence-corrected chi connectivity index (χ3v) is 2.51. The predicted molar refractivity (Wildman–Crippen MR) is 69.4 cm³/mol. The van der Waals surface area contributed by atoms with E-state index in [1.165, 1.54) is 12.6 Å². The number of carbonyl (C=O) groups excluding carboxylic acids is 1. The van der Waals surface area contributed by atoms with Gasteiger partial charge in [0.1, 0.15) is 0 Å². The van der Waals surface area contributed by atoms with Crippen LogP contribution in [0, 0.1) is 0 Å². The molecule has 19 heavy (non-hydrogen) atoms. The molecule has 6 nitrogen and oxygen atoms in total. The molecule has 0 aliphatic carbocycles. The zero-order chi connectivity index (χ0) is 13.7. The molecule has 6 heteroatoms. The monoisotopic (exact) mass is 261 g/mol. The Balaban J connectivity index is 1.84. The number of carbonyl (C=O) groups is 1. The number of nitrogens with zero attached hydrogens (tertiary/aromatic N) is 1. The summed E-state index contributed by atoms with van der Waals surface area (Å²) in [5.74, 6) is 0.488. The smallest absolute Gasteiger partial charge is 0.412 e. The minimum Gasteiger partial charge on any atom is -0.445 e. The van der Waals surface area contributed by atoms with E-state index in [9.17, 15) is 4.79 Å². The second-order valence-electron chi connectivity index (χ2n) is 4.08.